The minimum atomic E-state index is 0.323. The molecule has 0 aliphatic heterocycles. The van der Waals surface area contributed by atoms with E-state index in [1.165, 1.54) is 17.5 Å². The molecule has 0 amide bonds. The third kappa shape index (κ3) is 3.20. The second-order valence-electron chi connectivity index (χ2n) is 5.38. The molecule has 1 aromatic carbocycles. The fourth-order valence-corrected chi connectivity index (χ4v) is 2.40. The maximum absolute atomic E-state index is 4.19. The highest BCUT2D eigenvalue weighted by Gasteiger charge is 2.12. The molecule has 1 atom stereocenters. The van der Waals surface area contributed by atoms with E-state index >= 15 is 0 Å². The number of hydrogen-bond donors (Lipinski definition) is 0. The van der Waals surface area contributed by atoms with E-state index in [0.717, 1.165) is 12.2 Å². The van der Waals surface area contributed by atoms with Gasteiger partial charge in [0.05, 0.1) is 5.69 Å². The van der Waals surface area contributed by atoms with Crippen LogP contribution in [0.25, 0.3) is 5.69 Å². The quantitative estimate of drug-likeness (QED) is 0.725. The molecule has 0 aliphatic carbocycles. The molecule has 2 aromatic heterocycles. The fraction of sp³-hybridized carbons (Fsp3) is 0.235. The molecule has 112 valence electrons. The van der Waals surface area contributed by atoms with Gasteiger partial charge in [0.15, 0.2) is 0 Å². The summed E-state index contributed by atoms with van der Waals surface area (Å²) in [6, 6.07) is 12.8. The van der Waals surface area contributed by atoms with Gasteiger partial charge in [-0.2, -0.15) is 5.10 Å². The van der Waals surface area contributed by atoms with Gasteiger partial charge in [0.25, 0.3) is 0 Å². The zero-order valence-corrected chi connectivity index (χ0v) is 12.8. The van der Waals surface area contributed by atoms with Gasteiger partial charge in [-0.15, -0.1) is 0 Å². The molecule has 0 fully saturated rings. The molecule has 22 heavy (non-hydrogen) atoms. The molecule has 0 spiro atoms. The van der Waals surface area contributed by atoms with Crippen molar-refractivity contribution in [1.82, 2.24) is 24.6 Å². The highest BCUT2D eigenvalue weighted by atomic mass is 15.3. The average Bonchev–Trinajstić information content (AvgIpc) is 3.10. The molecule has 0 aliphatic rings. The molecule has 0 bridgehead atoms. The third-order valence-electron chi connectivity index (χ3n) is 3.88. The molecule has 0 saturated heterocycles. The van der Waals surface area contributed by atoms with Crippen molar-refractivity contribution in [3.05, 3.63) is 72.6 Å². The van der Waals surface area contributed by atoms with Crippen molar-refractivity contribution in [1.29, 1.82) is 0 Å². The minimum Gasteiger partial charge on any atom is -0.295 e. The Balaban J connectivity index is 1.68. The van der Waals surface area contributed by atoms with Crippen LogP contribution < -0.4 is 0 Å². The van der Waals surface area contributed by atoms with Crippen LogP contribution in [0.1, 0.15) is 24.1 Å². The van der Waals surface area contributed by atoms with E-state index in [9.17, 15) is 0 Å². The molecule has 2 heterocycles. The monoisotopic (exact) mass is 293 g/mol. The highest BCUT2D eigenvalue weighted by molar-refractivity contribution is 5.33. The zero-order chi connectivity index (χ0) is 15.4. The second-order valence-corrected chi connectivity index (χ2v) is 5.38. The average molecular weight is 293 g/mol. The van der Waals surface area contributed by atoms with Crippen molar-refractivity contribution >= 4 is 0 Å². The van der Waals surface area contributed by atoms with Crippen LogP contribution >= 0.6 is 0 Å². The number of pyridine rings is 1. The lowest BCUT2D eigenvalue weighted by Gasteiger charge is -2.25. The summed E-state index contributed by atoms with van der Waals surface area (Å²) in [5.74, 6) is 0. The van der Waals surface area contributed by atoms with Crippen molar-refractivity contribution in [2.75, 3.05) is 7.05 Å². The molecule has 5 nitrogen and oxygen atoms in total. The van der Waals surface area contributed by atoms with Gasteiger partial charge < -0.3 is 0 Å². The van der Waals surface area contributed by atoms with E-state index in [0.29, 0.717) is 6.04 Å². The van der Waals surface area contributed by atoms with Gasteiger partial charge in [0.2, 0.25) is 0 Å². The van der Waals surface area contributed by atoms with Gasteiger partial charge in [-0.3, -0.25) is 9.88 Å². The Hall–Kier alpha value is -2.53. The molecule has 3 rings (SSSR count). The summed E-state index contributed by atoms with van der Waals surface area (Å²) < 4.78 is 1.76. The predicted octanol–water partition coefficient (Wildman–Crippen LogP) is 2.86. The molecule has 3 aromatic rings. The van der Waals surface area contributed by atoms with Gasteiger partial charge >= 0.3 is 0 Å². The van der Waals surface area contributed by atoms with Crippen LogP contribution in [0.4, 0.5) is 0 Å². The van der Waals surface area contributed by atoms with Crippen LogP contribution in [0.15, 0.2) is 61.4 Å². The van der Waals surface area contributed by atoms with E-state index in [1.54, 1.807) is 17.2 Å². The van der Waals surface area contributed by atoms with Crippen LogP contribution in [0.2, 0.25) is 0 Å². The van der Waals surface area contributed by atoms with Gasteiger partial charge in [-0.1, -0.05) is 18.2 Å². The first-order valence-corrected chi connectivity index (χ1v) is 7.28. The fourth-order valence-electron chi connectivity index (χ4n) is 2.40. The zero-order valence-electron chi connectivity index (χ0n) is 12.8. The molecule has 0 saturated carbocycles. The van der Waals surface area contributed by atoms with Crippen LogP contribution in [-0.4, -0.2) is 31.7 Å². The first-order valence-electron chi connectivity index (χ1n) is 7.28. The van der Waals surface area contributed by atoms with E-state index in [1.807, 2.05) is 12.3 Å². The number of rotatable bonds is 5. The van der Waals surface area contributed by atoms with Gasteiger partial charge in [0.1, 0.15) is 12.7 Å². The summed E-state index contributed by atoms with van der Waals surface area (Å²) in [5, 5.41) is 4.13. The molecule has 0 unspecified atom stereocenters. The van der Waals surface area contributed by atoms with E-state index in [-0.39, 0.29) is 0 Å². The summed E-state index contributed by atoms with van der Waals surface area (Å²) >= 11 is 0. The Morgan fingerprint density at radius 2 is 1.95 bits per heavy atom. The smallest absolute Gasteiger partial charge is 0.138 e. The van der Waals surface area contributed by atoms with Crippen LogP contribution in [-0.2, 0) is 6.54 Å². The molecule has 5 heteroatoms. The summed E-state index contributed by atoms with van der Waals surface area (Å²) in [4.78, 5) is 10.5. The van der Waals surface area contributed by atoms with E-state index in [4.69, 9.17) is 0 Å². The lowest BCUT2D eigenvalue weighted by atomic mass is 10.1. The van der Waals surface area contributed by atoms with Crippen LogP contribution in [0.3, 0.4) is 0 Å². The Morgan fingerprint density at radius 3 is 2.59 bits per heavy atom. The number of benzene rings is 1. The molecule has 0 N–H and O–H groups in total. The molecule has 0 radical (unpaired) electrons. The van der Waals surface area contributed by atoms with Crippen LogP contribution in [0, 0.1) is 0 Å². The van der Waals surface area contributed by atoms with Crippen molar-refractivity contribution in [3.8, 4) is 5.69 Å². The third-order valence-corrected chi connectivity index (χ3v) is 3.88. The predicted molar refractivity (Wildman–Crippen MR) is 85.5 cm³/mol. The van der Waals surface area contributed by atoms with Crippen molar-refractivity contribution in [2.24, 2.45) is 0 Å². The van der Waals surface area contributed by atoms with E-state index in [2.05, 4.69) is 64.3 Å². The van der Waals surface area contributed by atoms with Crippen molar-refractivity contribution in [2.45, 2.75) is 19.5 Å². The Morgan fingerprint density at radius 1 is 1.14 bits per heavy atom. The van der Waals surface area contributed by atoms with Gasteiger partial charge in [-0.05, 0) is 43.3 Å². The largest absolute Gasteiger partial charge is 0.295 e. The first-order chi connectivity index (χ1) is 10.7. The standard InChI is InChI=1S/C17H19N5/c1-14(16-4-3-9-18-10-16)21(2)11-15-5-7-17(8-6-15)22-13-19-12-20-22/h3-10,12-14H,11H2,1-2H3/t14-/m1/s1. The summed E-state index contributed by atoms with van der Waals surface area (Å²) in [6.45, 7) is 3.08. The van der Waals surface area contributed by atoms with Crippen molar-refractivity contribution in [3.63, 3.8) is 0 Å². The first kappa shape index (κ1) is 14.4. The number of hydrogen-bond acceptors (Lipinski definition) is 4. The normalized spacial score (nSPS) is 12.5. The van der Waals surface area contributed by atoms with Gasteiger partial charge in [0, 0.05) is 25.0 Å². The highest BCUT2D eigenvalue weighted by Crippen LogP contribution is 2.20. The second kappa shape index (κ2) is 6.49. The maximum atomic E-state index is 4.19. The Kier molecular flexibility index (Phi) is 4.25. The molecular formula is C17H19N5. The number of aromatic nitrogens is 4. The lowest BCUT2D eigenvalue weighted by molar-refractivity contribution is 0.252. The van der Waals surface area contributed by atoms with Gasteiger partial charge in [-0.25, -0.2) is 9.67 Å². The van der Waals surface area contributed by atoms with Crippen molar-refractivity contribution < 1.29 is 0 Å². The van der Waals surface area contributed by atoms with Crippen LogP contribution in [0.5, 0.6) is 0 Å². The summed E-state index contributed by atoms with van der Waals surface area (Å²) in [7, 11) is 2.13. The summed E-state index contributed by atoms with van der Waals surface area (Å²) in [6.07, 6.45) is 6.97. The lowest BCUT2D eigenvalue weighted by Crippen LogP contribution is -2.22. The number of nitrogens with zero attached hydrogens (tertiary/aromatic N) is 5. The SMILES string of the molecule is C[C@H](c1cccnc1)N(C)Cc1ccc(-n2cncn2)cc1. The van der Waals surface area contributed by atoms with E-state index < -0.39 is 0 Å². The summed E-state index contributed by atoms with van der Waals surface area (Å²) in [5.41, 5.74) is 3.51. The Labute approximate surface area is 130 Å². The Bertz CT molecular complexity index is 692. The maximum Gasteiger partial charge on any atom is 0.138 e. The molecular weight excluding hydrogens is 274 g/mol. The minimum absolute atomic E-state index is 0.323. The topological polar surface area (TPSA) is 46.8 Å².